The van der Waals surface area contributed by atoms with Crippen molar-refractivity contribution < 1.29 is 9.18 Å². The first kappa shape index (κ1) is 16.4. The van der Waals surface area contributed by atoms with Gasteiger partial charge in [0.15, 0.2) is 0 Å². The van der Waals surface area contributed by atoms with E-state index in [1.807, 2.05) is 6.07 Å². The van der Waals surface area contributed by atoms with E-state index in [4.69, 9.17) is 0 Å². The highest BCUT2D eigenvalue weighted by Crippen LogP contribution is 2.35. The summed E-state index contributed by atoms with van der Waals surface area (Å²) >= 11 is 0. The molecule has 24 heavy (non-hydrogen) atoms. The Morgan fingerprint density at radius 2 is 2.21 bits per heavy atom. The summed E-state index contributed by atoms with van der Waals surface area (Å²) in [7, 11) is 0. The quantitative estimate of drug-likeness (QED) is 0.910. The molecule has 0 spiro atoms. The van der Waals surface area contributed by atoms with E-state index in [1.165, 1.54) is 6.07 Å². The maximum absolute atomic E-state index is 14.0. The molecule has 5 nitrogen and oxygen atoms in total. The minimum absolute atomic E-state index is 0.184. The molecule has 1 aliphatic carbocycles. The van der Waals surface area contributed by atoms with E-state index in [2.05, 4.69) is 27.5 Å². The number of fused-ring (bicyclic) bond motifs is 1. The van der Waals surface area contributed by atoms with Gasteiger partial charge in [-0.3, -0.25) is 0 Å². The second-order valence-corrected chi connectivity index (χ2v) is 6.22. The Morgan fingerprint density at radius 1 is 1.38 bits per heavy atom. The number of benzene rings is 1. The molecule has 0 fully saturated rings. The Balaban J connectivity index is 1.67. The summed E-state index contributed by atoms with van der Waals surface area (Å²) in [6, 6.07) is 6.37. The van der Waals surface area contributed by atoms with Gasteiger partial charge in [-0.2, -0.15) is 0 Å². The Morgan fingerprint density at radius 3 is 3.00 bits per heavy atom. The molecule has 1 aromatic carbocycles. The summed E-state index contributed by atoms with van der Waals surface area (Å²) in [5.41, 5.74) is 2.34. The number of hydrogen-bond acceptors (Lipinski definition) is 3. The third kappa shape index (κ3) is 3.53. The summed E-state index contributed by atoms with van der Waals surface area (Å²) in [6.07, 6.45) is 3.23. The topological polar surface area (TPSA) is 66.9 Å². The van der Waals surface area contributed by atoms with Crippen molar-refractivity contribution in [2.24, 2.45) is 5.92 Å². The molecule has 2 N–H and O–H groups in total. The van der Waals surface area contributed by atoms with Crippen LogP contribution in [0.15, 0.2) is 30.5 Å². The SMILES string of the molecule is Cc1nccc(CNC(=O)N[C@@H]2c3cccc(F)c3CC[C@@H]2C)n1. The number of amides is 2. The van der Waals surface area contributed by atoms with Crippen molar-refractivity contribution in [2.45, 2.75) is 39.3 Å². The first-order valence-electron chi connectivity index (χ1n) is 8.15. The zero-order valence-corrected chi connectivity index (χ0v) is 13.8. The minimum Gasteiger partial charge on any atom is -0.332 e. The summed E-state index contributed by atoms with van der Waals surface area (Å²) < 4.78 is 14.0. The third-order valence-corrected chi connectivity index (χ3v) is 4.46. The molecule has 0 saturated heterocycles. The van der Waals surface area contributed by atoms with Crippen molar-refractivity contribution in [3.63, 3.8) is 0 Å². The molecular formula is C18H21FN4O. The molecule has 2 atom stereocenters. The number of aromatic nitrogens is 2. The molecule has 0 saturated carbocycles. The van der Waals surface area contributed by atoms with Gasteiger partial charge in [0.1, 0.15) is 11.6 Å². The fourth-order valence-electron chi connectivity index (χ4n) is 3.16. The second kappa shape index (κ2) is 6.95. The van der Waals surface area contributed by atoms with Gasteiger partial charge in [-0.15, -0.1) is 0 Å². The molecule has 2 amide bonds. The number of aryl methyl sites for hydroxylation is 1. The first-order chi connectivity index (χ1) is 11.5. The zero-order chi connectivity index (χ0) is 17.1. The van der Waals surface area contributed by atoms with Crippen molar-refractivity contribution in [2.75, 3.05) is 0 Å². The maximum atomic E-state index is 14.0. The Hall–Kier alpha value is -2.50. The van der Waals surface area contributed by atoms with Gasteiger partial charge in [-0.1, -0.05) is 19.1 Å². The highest BCUT2D eigenvalue weighted by molar-refractivity contribution is 5.74. The molecule has 126 valence electrons. The molecule has 3 rings (SSSR count). The fraction of sp³-hybridized carbons (Fsp3) is 0.389. The van der Waals surface area contributed by atoms with Crippen LogP contribution < -0.4 is 10.6 Å². The monoisotopic (exact) mass is 328 g/mol. The van der Waals surface area contributed by atoms with Crippen molar-refractivity contribution in [3.8, 4) is 0 Å². The predicted octanol–water partition coefficient (Wildman–Crippen LogP) is 3.05. The summed E-state index contributed by atoms with van der Waals surface area (Å²) in [5.74, 6) is 0.731. The van der Waals surface area contributed by atoms with Crippen LogP contribution in [0.1, 0.15) is 42.0 Å². The third-order valence-electron chi connectivity index (χ3n) is 4.46. The molecule has 0 bridgehead atoms. The van der Waals surface area contributed by atoms with E-state index in [-0.39, 0.29) is 23.8 Å². The molecular weight excluding hydrogens is 307 g/mol. The number of nitrogens with zero attached hydrogens (tertiary/aromatic N) is 2. The number of halogens is 1. The van der Waals surface area contributed by atoms with Crippen molar-refractivity contribution in [3.05, 3.63) is 58.9 Å². The summed E-state index contributed by atoms with van der Waals surface area (Å²) in [5, 5.41) is 5.78. The zero-order valence-electron chi connectivity index (χ0n) is 13.8. The van der Waals surface area contributed by atoms with E-state index >= 15 is 0 Å². The minimum atomic E-state index is -0.278. The van der Waals surface area contributed by atoms with Crippen LogP contribution in [-0.4, -0.2) is 16.0 Å². The largest absolute Gasteiger partial charge is 0.332 e. The van der Waals surface area contributed by atoms with Crippen molar-refractivity contribution in [1.29, 1.82) is 0 Å². The van der Waals surface area contributed by atoms with Crippen LogP contribution in [0.5, 0.6) is 0 Å². The van der Waals surface area contributed by atoms with Gasteiger partial charge in [-0.05, 0) is 48.9 Å². The number of carbonyl (C=O) groups is 1. The molecule has 6 heteroatoms. The molecule has 2 aromatic rings. The van der Waals surface area contributed by atoms with Gasteiger partial charge in [0.05, 0.1) is 18.3 Å². The Kier molecular flexibility index (Phi) is 4.74. The lowest BCUT2D eigenvalue weighted by Crippen LogP contribution is -2.41. The van der Waals surface area contributed by atoms with Crippen LogP contribution in [0.3, 0.4) is 0 Å². The van der Waals surface area contributed by atoms with Crippen LogP contribution in [-0.2, 0) is 13.0 Å². The lowest BCUT2D eigenvalue weighted by molar-refractivity contribution is 0.229. The lowest BCUT2D eigenvalue weighted by atomic mass is 9.80. The van der Waals surface area contributed by atoms with Crippen LogP contribution >= 0.6 is 0 Å². The van der Waals surface area contributed by atoms with Gasteiger partial charge in [-0.25, -0.2) is 19.2 Å². The number of nitrogens with one attached hydrogen (secondary N) is 2. The first-order valence-corrected chi connectivity index (χ1v) is 8.15. The Bertz CT molecular complexity index is 750. The summed E-state index contributed by atoms with van der Waals surface area (Å²) in [6.45, 7) is 4.21. The van der Waals surface area contributed by atoms with Crippen LogP contribution in [0.4, 0.5) is 9.18 Å². The number of urea groups is 1. The standard InChI is InChI=1S/C18H21FN4O/c1-11-6-7-14-15(4-3-5-16(14)19)17(11)23-18(24)21-10-13-8-9-20-12(2)22-13/h3-5,8-9,11,17H,6-7,10H2,1-2H3,(H2,21,23,24)/t11-,17-/m0/s1. The number of hydrogen-bond donors (Lipinski definition) is 2. The molecule has 0 unspecified atom stereocenters. The fourth-order valence-corrected chi connectivity index (χ4v) is 3.16. The maximum Gasteiger partial charge on any atom is 0.315 e. The van der Waals surface area contributed by atoms with E-state index < -0.39 is 0 Å². The van der Waals surface area contributed by atoms with E-state index in [0.717, 1.165) is 17.7 Å². The average molecular weight is 328 g/mol. The van der Waals surface area contributed by atoms with E-state index in [0.29, 0.717) is 24.4 Å². The van der Waals surface area contributed by atoms with Gasteiger partial charge < -0.3 is 10.6 Å². The lowest BCUT2D eigenvalue weighted by Gasteiger charge is -2.32. The van der Waals surface area contributed by atoms with Gasteiger partial charge in [0.25, 0.3) is 0 Å². The van der Waals surface area contributed by atoms with Crippen LogP contribution in [0, 0.1) is 18.7 Å². The van der Waals surface area contributed by atoms with E-state index in [1.54, 1.807) is 25.3 Å². The Labute approximate surface area is 140 Å². The predicted molar refractivity (Wildman–Crippen MR) is 88.8 cm³/mol. The molecule has 0 radical (unpaired) electrons. The molecule has 1 aliphatic rings. The molecule has 1 aromatic heterocycles. The van der Waals surface area contributed by atoms with Gasteiger partial charge >= 0.3 is 6.03 Å². The number of rotatable bonds is 3. The summed E-state index contributed by atoms with van der Waals surface area (Å²) in [4.78, 5) is 20.5. The smallest absolute Gasteiger partial charge is 0.315 e. The second-order valence-electron chi connectivity index (χ2n) is 6.22. The average Bonchev–Trinajstić information content (AvgIpc) is 2.56. The highest BCUT2D eigenvalue weighted by atomic mass is 19.1. The number of carbonyl (C=O) groups excluding carboxylic acids is 1. The molecule has 1 heterocycles. The van der Waals surface area contributed by atoms with Crippen molar-refractivity contribution >= 4 is 6.03 Å². The highest BCUT2D eigenvalue weighted by Gasteiger charge is 2.29. The van der Waals surface area contributed by atoms with Gasteiger partial charge in [0.2, 0.25) is 0 Å². The van der Waals surface area contributed by atoms with Crippen LogP contribution in [0.25, 0.3) is 0 Å². The molecule has 0 aliphatic heterocycles. The van der Waals surface area contributed by atoms with Gasteiger partial charge in [0, 0.05) is 6.20 Å². The van der Waals surface area contributed by atoms with Crippen molar-refractivity contribution in [1.82, 2.24) is 20.6 Å². The van der Waals surface area contributed by atoms with E-state index in [9.17, 15) is 9.18 Å². The normalized spacial score (nSPS) is 19.5. The van der Waals surface area contributed by atoms with Crippen LogP contribution in [0.2, 0.25) is 0 Å².